The summed E-state index contributed by atoms with van der Waals surface area (Å²) in [5.74, 6) is 0. The second-order valence-electron chi connectivity index (χ2n) is 2.73. The van der Waals surface area contributed by atoms with Gasteiger partial charge in [0.1, 0.15) is 5.03 Å². The second-order valence-corrected chi connectivity index (χ2v) is 5.35. The van der Waals surface area contributed by atoms with Gasteiger partial charge in [-0.05, 0) is 34.0 Å². The van der Waals surface area contributed by atoms with E-state index in [0.29, 0.717) is 5.25 Å². The van der Waals surface area contributed by atoms with Gasteiger partial charge in [0.2, 0.25) is 5.28 Å². The van der Waals surface area contributed by atoms with Gasteiger partial charge in [-0.2, -0.15) is 0 Å². The number of rotatable bonds is 4. The van der Waals surface area contributed by atoms with Gasteiger partial charge in [-0.3, -0.25) is 0 Å². The summed E-state index contributed by atoms with van der Waals surface area (Å²) in [4.78, 5) is 7.92. The van der Waals surface area contributed by atoms with Gasteiger partial charge < -0.3 is 5.11 Å². The molecule has 1 aromatic rings. The average Bonchev–Trinajstić information content (AvgIpc) is 2.12. The van der Waals surface area contributed by atoms with Crippen molar-refractivity contribution in [3.05, 3.63) is 16.0 Å². The van der Waals surface area contributed by atoms with E-state index in [0.717, 1.165) is 15.9 Å². The molecule has 1 heterocycles. The van der Waals surface area contributed by atoms with Crippen LogP contribution in [0.3, 0.4) is 0 Å². The maximum absolute atomic E-state index is 8.75. The van der Waals surface area contributed by atoms with Crippen molar-refractivity contribution in [3.8, 4) is 0 Å². The molecule has 0 radical (unpaired) electrons. The number of hydrogen-bond acceptors (Lipinski definition) is 4. The van der Waals surface area contributed by atoms with Crippen molar-refractivity contribution < 1.29 is 5.11 Å². The first kappa shape index (κ1) is 12.2. The highest BCUT2D eigenvalue weighted by atomic mass is 79.9. The fourth-order valence-electron chi connectivity index (χ4n) is 0.845. The van der Waals surface area contributed by atoms with E-state index in [-0.39, 0.29) is 11.9 Å². The molecule has 0 spiro atoms. The first-order valence-corrected chi connectivity index (χ1v) is 6.14. The van der Waals surface area contributed by atoms with Crippen LogP contribution in [0.4, 0.5) is 0 Å². The molecule has 0 fully saturated rings. The molecule has 1 atom stereocenters. The van der Waals surface area contributed by atoms with Crippen molar-refractivity contribution in [3.63, 3.8) is 0 Å². The standard InChI is InChI=1S/C8H10BrClN2OS/c1-5(2-3-13)14-7-6(9)4-11-8(10)12-7/h4-5,13H,2-3H2,1H3. The van der Waals surface area contributed by atoms with E-state index in [4.69, 9.17) is 16.7 Å². The van der Waals surface area contributed by atoms with Crippen LogP contribution in [-0.2, 0) is 0 Å². The molecule has 0 amide bonds. The molecule has 6 heteroatoms. The summed E-state index contributed by atoms with van der Waals surface area (Å²) in [7, 11) is 0. The molecule has 0 aromatic carbocycles. The molecule has 1 unspecified atom stereocenters. The lowest BCUT2D eigenvalue weighted by Crippen LogP contribution is -2.00. The van der Waals surface area contributed by atoms with Crippen molar-refractivity contribution in [2.24, 2.45) is 0 Å². The molecule has 0 aliphatic rings. The van der Waals surface area contributed by atoms with Crippen molar-refractivity contribution >= 4 is 39.3 Å². The van der Waals surface area contributed by atoms with Crippen LogP contribution in [0.2, 0.25) is 5.28 Å². The minimum atomic E-state index is 0.185. The Morgan fingerprint density at radius 2 is 2.43 bits per heavy atom. The number of nitrogens with zero attached hydrogens (tertiary/aromatic N) is 2. The van der Waals surface area contributed by atoms with Gasteiger partial charge in [0.15, 0.2) is 0 Å². The van der Waals surface area contributed by atoms with Gasteiger partial charge in [0.05, 0.1) is 4.47 Å². The minimum absolute atomic E-state index is 0.185. The highest BCUT2D eigenvalue weighted by Crippen LogP contribution is 2.29. The third kappa shape index (κ3) is 3.73. The van der Waals surface area contributed by atoms with E-state index in [1.165, 1.54) is 0 Å². The molecule has 1 aromatic heterocycles. The lowest BCUT2D eigenvalue weighted by atomic mass is 10.3. The zero-order valence-corrected chi connectivity index (χ0v) is 10.7. The zero-order chi connectivity index (χ0) is 10.6. The normalized spacial score (nSPS) is 12.9. The Kier molecular flexibility index (Phi) is 5.15. The molecule has 0 aliphatic carbocycles. The van der Waals surface area contributed by atoms with E-state index in [1.807, 2.05) is 6.92 Å². The summed E-state index contributed by atoms with van der Waals surface area (Å²) < 4.78 is 0.830. The van der Waals surface area contributed by atoms with Gasteiger partial charge in [0.25, 0.3) is 0 Å². The summed E-state index contributed by atoms with van der Waals surface area (Å²) in [6.07, 6.45) is 2.36. The predicted molar refractivity (Wildman–Crippen MR) is 61.8 cm³/mol. The van der Waals surface area contributed by atoms with Crippen LogP contribution in [0.1, 0.15) is 13.3 Å². The van der Waals surface area contributed by atoms with Crippen LogP contribution in [0.5, 0.6) is 0 Å². The lowest BCUT2D eigenvalue weighted by Gasteiger charge is -2.09. The van der Waals surface area contributed by atoms with Crippen LogP contribution in [0, 0.1) is 0 Å². The Hall–Kier alpha value is 0.160. The maximum Gasteiger partial charge on any atom is 0.223 e. The molecule has 1 rings (SSSR count). The highest BCUT2D eigenvalue weighted by molar-refractivity contribution is 9.10. The highest BCUT2D eigenvalue weighted by Gasteiger charge is 2.09. The number of hydrogen-bond donors (Lipinski definition) is 1. The monoisotopic (exact) mass is 296 g/mol. The number of aliphatic hydroxyl groups is 1. The second kappa shape index (κ2) is 5.90. The molecule has 0 saturated carbocycles. The summed E-state index contributed by atoms with van der Waals surface area (Å²) in [6.45, 7) is 2.22. The Morgan fingerprint density at radius 3 is 3.07 bits per heavy atom. The van der Waals surface area contributed by atoms with Crippen molar-refractivity contribution in [1.29, 1.82) is 0 Å². The van der Waals surface area contributed by atoms with E-state index in [1.54, 1.807) is 18.0 Å². The third-order valence-corrected chi connectivity index (χ3v) is 3.73. The minimum Gasteiger partial charge on any atom is -0.396 e. The molecular formula is C8H10BrClN2OS. The van der Waals surface area contributed by atoms with E-state index >= 15 is 0 Å². The smallest absolute Gasteiger partial charge is 0.223 e. The first-order chi connectivity index (χ1) is 6.63. The van der Waals surface area contributed by atoms with Crippen LogP contribution < -0.4 is 0 Å². The Bertz CT molecular complexity index is 313. The zero-order valence-electron chi connectivity index (χ0n) is 7.57. The number of halogens is 2. The molecule has 14 heavy (non-hydrogen) atoms. The fraction of sp³-hybridized carbons (Fsp3) is 0.500. The summed E-state index contributed by atoms with van der Waals surface area (Å²) in [6, 6.07) is 0. The summed E-state index contributed by atoms with van der Waals surface area (Å²) in [5, 5.41) is 10.1. The topological polar surface area (TPSA) is 46.0 Å². The van der Waals surface area contributed by atoms with Crippen molar-refractivity contribution in [2.45, 2.75) is 23.6 Å². The van der Waals surface area contributed by atoms with Crippen LogP contribution in [0.25, 0.3) is 0 Å². The molecule has 0 saturated heterocycles. The SMILES string of the molecule is CC(CCO)Sc1nc(Cl)ncc1Br. The molecule has 0 bridgehead atoms. The first-order valence-electron chi connectivity index (χ1n) is 4.09. The predicted octanol–water partition coefficient (Wildman–Crippen LogP) is 2.76. The van der Waals surface area contributed by atoms with Gasteiger partial charge in [-0.25, -0.2) is 9.97 Å². The third-order valence-electron chi connectivity index (χ3n) is 1.53. The van der Waals surface area contributed by atoms with Gasteiger partial charge in [0, 0.05) is 18.1 Å². The van der Waals surface area contributed by atoms with E-state index in [2.05, 4.69) is 25.9 Å². The Labute approximate surface area is 100 Å². The largest absolute Gasteiger partial charge is 0.396 e. The number of thioether (sulfide) groups is 1. The molecule has 3 nitrogen and oxygen atoms in total. The number of aromatic nitrogens is 2. The fourth-order valence-corrected chi connectivity index (χ4v) is 2.41. The molecular weight excluding hydrogens is 288 g/mol. The average molecular weight is 298 g/mol. The van der Waals surface area contributed by atoms with E-state index in [9.17, 15) is 0 Å². The molecule has 0 aliphatic heterocycles. The molecule has 78 valence electrons. The quantitative estimate of drug-likeness (QED) is 0.527. The van der Waals surface area contributed by atoms with Gasteiger partial charge in [-0.1, -0.05) is 6.92 Å². The lowest BCUT2D eigenvalue weighted by molar-refractivity contribution is 0.289. The van der Waals surface area contributed by atoms with Crippen LogP contribution in [0.15, 0.2) is 15.7 Å². The number of aliphatic hydroxyl groups excluding tert-OH is 1. The van der Waals surface area contributed by atoms with Gasteiger partial charge in [-0.15, -0.1) is 11.8 Å². The van der Waals surface area contributed by atoms with Crippen LogP contribution >= 0.6 is 39.3 Å². The van der Waals surface area contributed by atoms with Crippen molar-refractivity contribution in [2.75, 3.05) is 6.61 Å². The summed E-state index contributed by atoms with van der Waals surface area (Å²) in [5.41, 5.74) is 0. The Morgan fingerprint density at radius 1 is 1.71 bits per heavy atom. The van der Waals surface area contributed by atoms with Gasteiger partial charge >= 0.3 is 0 Å². The Balaban J connectivity index is 2.70. The van der Waals surface area contributed by atoms with Crippen LogP contribution in [-0.4, -0.2) is 26.9 Å². The molecule has 1 N–H and O–H groups in total. The van der Waals surface area contributed by atoms with Crippen molar-refractivity contribution in [1.82, 2.24) is 9.97 Å². The maximum atomic E-state index is 8.75. The summed E-state index contributed by atoms with van der Waals surface area (Å²) >= 11 is 10.6. The van der Waals surface area contributed by atoms with E-state index < -0.39 is 0 Å².